The Kier molecular flexibility index (Phi) is 4.08. The van der Waals surface area contributed by atoms with Crippen molar-refractivity contribution in [3.05, 3.63) is 16.6 Å². The molecule has 0 bridgehead atoms. The molecule has 20 heavy (non-hydrogen) atoms. The quantitative estimate of drug-likeness (QED) is 0.803. The van der Waals surface area contributed by atoms with Crippen LogP contribution in [-0.2, 0) is 16.6 Å². The summed E-state index contributed by atoms with van der Waals surface area (Å²) in [5.41, 5.74) is 0.912. The largest absolute Gasteiger partial charge is 0.469 e. The van der Waals surface area contributed by atoms with Crippen molar-refractivity contribution in [2.45, 2.75) is 13.3 Å². The lowest BCUT2D eigenvalue weighted by atomic mass is 10.3. The van der Waals surface area contributed by atoms with Gasteiger partial charge in [0.15, 0.2) is 0 Å². The average Bonchev–Trinajstić information content (AvgIpc) is 2.97. The van der Waals surface area contributed by atoms with Gasteiger partial charge in [-0.2, -0.15) is 5.10 Å². The lowest BCUT2D eigenvalue weighted by Gasteiger charge is -2.15. The second kappa shape index (κ2) is 5.62. The number of rotatable bonds is 4. The van der Waals surface area contributed by atoms with Gasteiger partial charge in [-0.15, -0.1) is 11.3 Å². The summed E-state index contributed by atoms with van der Waals surface area (Å²) < 4.78 is 6.35. The molecule has 2 heterocycles. The summed E-state index contributed by atoms with van der Waals surface area (Å²) >= 11 is 1.41. The minimum Gasteiger partial charge on any atom is -0.469 e. The molecule has 6 nitrogen and oxygen atoms in total. The van der Waals surface area contributed by atoms with Crippen molar-refractivity contribution in [3.63, 3.8) is 0 Å². The first kappa shape index (κ1) is 14.5. The van der Waals surface area contributed by atoms with Crippen LogP contribution in [0.2, 0.25) is 0 Å². The van der Waals surface area contributed by atoms with Gasteiger partial charge in [0, 0.05) is 26.0 Å². The van der Waals surface area contributed by atoms with Crippen LogP contribution in [0.3, 0.4) is 0 Å². The number of nitrogens with zero attached hydrogens (tertiary/aromatic N) is 3. The number of thiophene rings is 1. The molecule has 0 aliphatic carbocycles. The van der Waals surface area contributed by atoms with E-state index < -0.39 is 0 Å². The summed E-state index contributed by atoms with van der Waals surface area (Å²) in [5, 5.41) is 5.31. The Bertz CT molecular complexity index is 625. The van der Waals surface area contributed by atoms with Crippen LogP contribution in [0.5, 0.6) is 0 Å². The Morgan fingerprint density at radius 3 is 2.80 bits per heavy atom. The maximum Gasteiger partial charge on any atom is 0.307 e. The smallest absolute Gasteiger partial charge is 0.307 e. The van der Waals surface area contributed by atoms with Crippen LogP contribution < -0.4 is 0 Å². The molecule has 7 heteroatoms. The standard InChI is InChI=1S/C13H17N3O3S/c1-8-9-7-10(20-13(9)16(3)14-8)12(18)15(2)6-5-11(17)19-4/h7H,5-6H2,1-4H3. The molecule has 0 N–H and O–H groups in total. The zero-order chi connectivity index (χ0) is 14.9. The van der Waals surface area contributed by atoms with Gasteiger partial charge < -0.3 is 9.64 Å². The van der Waals surface area contributed by atoms with Gasteiger partial charge in [-0.3, -0.25) is 14.3 Å². The first-order valence-electron chi connectivity index (χ1n) is 6.19. The first-order chi connectivity index (χ1) is 9.43. The molecule has 0 fully saturated rings. The Labute approximate surface area is 120 Å². The summed E-state index contributed by atoms with van der Waals surface area (Å²) in [6, 6.07) is 1.86. The van der Waals surface area contributed by atoms with Gasteiger partial charge in [0.05, 0.1) is 24.1 Å². The zero-order valence-electron chi connectivity index (χ0n) is 12.0. The highest BCUT2D eigenvalue weighted by molar-refractivity contribution is 7.20. The molecular formula is C13H17N3O3S. The fraction of sp³-hybridized carbons (Fsp3) is 0.462. The number of carbonyl (C=O) groups is 2. The van der Waals surface area contributed by atoms with Gasteiger partial charge in [-0.25, -0.2) is 0 Å². The van der Waals surface area contributed by atoms with Crippen molar-refractivity contribution in [1.82, 2.24) is 14.7 Å². The molecule has 0 aliphatic heterocycles. The first-order valence-corrected chi connectivity index (χ1v) is 7.01. The Hall–Kier alpha value is -1.89. The third kappa shape index (κ3) is 2.67. The molecule has 0 atom stereocenters. The van der Waals surface area contributed by atoms with Crippen LogP contribution >= 0.6 is 11.3 Å². The Morgan fingerprint density at radius 1 is 1.50 bits per heavy atom. The van der Waals surface area contributed by atoms with E-state index in [1.807, 2.05) is 20.0 Å². The number of carbonyl (C=O) groups excluding carboxylic acids is 2. The normalized spacial score (nSPS) is 10.8. The summed E-state index contributed by atoms with van der Waals surface area (Å²) in [6.45, 7) is 2.27. The highest BCUT2D eigenvalue weighted by Gasteiger charge is 2.18. The topological polar surface area (TPSA) is 64.4 Å². The predicted molar refractivity (Wildman–Crippen MR) is 76.9 cm³/mol. The van der Waals surface area contributed by atoms with Crippen LogP contribution in [0.25, 0.3) is 10.2 Å². The van der Waals surface area contributed by atoms with E-state index in [-0.39, 0.29) is 18.3 Å². The summed E-state index contributed by atoms with van der Waals surface area (Å²) in [6.07, 6.45) is 0.199. The Balaban J connectivity index is 2.14. The molecule has 1 amide bonds. The number of ether oxygens (including phenoxy) is 1. The van der Waals surface area contributed by atoms with Gasteiger partial charge >= 0.3 is 5.97 Å². The molecule has 0 saturated carbocycles. The van der Waals surface area contributed by atoms with E-state index in [2.05, 4.69) is 9.84 Å². The maximum atomic E-state index is 12.3. The van der Waals surface area contributed by atoms with Crippen LogP contribution in [0.15, 0.2) is 6.07 Å². The minimum absolute atomic E-state index is 0.0884. The highest BCUT2D eigenvalue weighted by Crippen LogP contribution is 2.28. The van der Waals surface area contributed by atoms with Crippen molar-refractivity contribution in [1.29, 1.82) is 0 Å². The zero-order valence-corrected chi connectivity index (χ0v) is 12.8. The fourth-order valence-electron chi connectivity index (χ4n) is 1.96. The summed E-state index contributed by atoms with van der Waals surface area (Å²) in [4.78, 5) is 26.6. The van der Waals surface area contributed by atoms with Gasteiger partial charge in [0.1, 0.15) is 4.83 Å². The maximum absolute atomic E-state index is 12.3. The third-order valence-electron chi connectivity index (χ3n) is 3.13. The van der Waals surface area contributed by atoms with Gasteiger partial charge in [-0.05, 0) is 13.0 Å². The van der Waals surface area contributed by atoms with Crippen LogP contribution in [0.4, 0.5) is 0 Å². The van der Waals surface area contributed by atoms with E-state index in [1.54, 1.807) is 11.7 Å². The second-order valence-electron chi connectivity index (χ2n) is 4.59. The van der Waals surface area contributed by atoms with E-state index in [4.69, 9.17) is 0 Å². The minimum atomic E-state index is -0.318. The number of methoxy groups -OCH3 is 1. The van der Waals surface area contributed by atoms with Crippen molar-refractivity contribution in [3.8, 4) is 0 Å². The lowest BCUT2D eigenvalue weighted by Crippen LogP contribution is -2.28. The van der Waals surface area contributed by atoms with E-state index >= 15 is 0 Å². The van der Waals surface area contributed by atoms with E-state index in [0.29, 0.717) is 11.4 Å². The summed E-state index contributed by atoms with van der Waals surface area (Å²) in [5.74, 6) is -0.407. The Morgan fingerprint density at radius 2 is 2.20 bits per heavy atom. The van der Waals surface area contributed by atoms with E-state index in [0.717, 1.165) is 15.9 Å². The lowest BCUT2D eigenvalue weighted by molar-refractivity contribution is -0.140. The molecule has 0 aromatic carbocycles. The SMILES string of the molecule is COC(=O)CCN(C)C(=O)c1cc2c(C)nn(C)c2s1. The molecule has 108 valence electrons. The van der Waals surface area contributed by atoms with Crippen LogP contribution in [-0.4, -0.2) is 47.3 Å². The molecule has 0 unspecified atom stereocenters. The number of amides is 1. The molecule has 2 aromatic heterocycles. The molecular weight excluding hydrogens is 278 g/mol. The van der Waals surface area contributed by atoms with Crippen molar-refractivity contribution < 1.29 is 14.3 Å². The van der Waals surface area contributed by atoms with Crippen molar-refractivity contribution in [2.75, 3.05) is 20.7 Å². The predicted octanol–water partition coefficient (Wildman–Crippen LogP) is 1.58. The number of esters is 1. The van der Waals surface area contributed by atoms with Gasteiger partial charge in [-0.1, -0.05) is 0 Å². The molecule has 2 aromatic rings. The number of aromatic nitrogens is 2. The number of hydrogen-bond acceptors (Lipinski definition) is 5. The molecule has 0 radical (unpaired) electrons. The van der Waals surface area contributed by atoms with Crippen LogP contribution in [0, 0.1) is 6.92 Å². The molecule has 0 aliphatic rings. The fourth-order valence-corrected chi connectivity index (χ4v) is 3.08. The van der Waals surface area contributed by atoms with Crippen molar-refractivity contribution >= 4 is 33.4 Å². The number of hydrogen-bond donors (Lipinski definition) is 0. The number of aryl methyl sites for hydroxylation is 2. The number of fused-ring (bicyclic) bond motifs is 1. The second-order valence-corrected chi connectivity index (χ2v) is 5.62. The van der Waals surface area contributed by atoms with E-state index in [9.17, 15) is 9.59 Å². The van der Waals surface area contributed by atoms with Crippen molar-refractivity contribution in [2.24, 2.45) is 7.05 Å². The average molecular weight is 295 g/mol. The molecule has 0 saturated heterocycles. The van der Waals surface area contributed by atoms with Gasteiger partial charge in [0.25, 0.3) is 5.91 Å². The molecule has 0 spiro atoms. The third-order valence-corrected chi connectivity index (χ3v) is 4.32. The van der Waals surface area contributed by atoms with Crippen LogP contribution in [0.1, 0.15) is 21.8 Å². The monoisotopic (exact) mass is 295 g/mol. The summed E-state index contributed by atoms with van der Waals surface area (Å²) in [7, 11) is 4.88. The van der Waals surface area contributed by atoms with E-state index in [1.165, 1.54) is 23.3 Å². The molecule has 2 rings (SSSR count). The highest BCUT2D eigenvalue weighted by atomic mass is 32.1. The van der Waals surface area contributed by atoms with Gasteiger partial charge in [0.2, 0.25) is 0 Å².